The fourth-order valence-corrected chi connectivity index (χ4v) is 3.30. The normalized spacial score (nSPS) is 14.0. The number of nitriles is 1. The molecule has 0 bridgehead atoms. The lowest BCUT2D eigenvalue weighted by atomic mass is 9.82. The Morgan fingerprint density at radius 2 is 1.75 bits per heavy atom. The van der Waals surface area contributed by atoms with Crippen molar-refractivity contribution in [1.29, 1.82) is 5.26 Å². The van der Waals surface area contributed by atoms with Gasteiger partial charge in [-0.05, 0) is 69.4 Å². The van der Waals surface area contributed by atoms with E-state index in [1.54, 1.807) is 32.9 Å². The molecule has 170 valence electrons. The van der Waals surface area contributed by atoms with Crippen LogP contribution in [0.15, 0.2) is 48.5 Å². The Bertz CT molecular complexity index is 989. The Morgan fingerprint density at radius 1 is 1.09 bits per heavy atom. The Labute approximate surface area is 188 Å². The first-order chi connectivity index (χ1) is 15.0. The van der Waals surface area contributed by atoms with Gasteiger partial charge in [0.25, 0.3) is 0 Å². The van der Waals surface area contributed by atoms with Gasteiger partial charge in [0.05, 0.1) is 23.7 Å². The van der Waals surface area contributed by atoms with E-state index in [2.05, 4.69) is 11.4 Å². The van der Waals surface area contributed by atoms with Gasteiger partial charge in [-0.3, -0.25) is 4.79 Å². The molecule has 0 fully saturated rings. The van der Waals surface area contributed by atoms with Gasteiger partial charge in [-0.15, -0.1) is 0 Å². The summed E-state index contributed by atoms with van der Waals surface area (Å²) in [6.07, 6.45) is -0.247. The molecule has 2 aromatic carbocycles. The van der Waals surface area contributed by atoms with Crippen molar-refractivity contribution in [2.24, 2.45) is 5.41 Å². The van der Waals surface area contributed by atoms with Crippen LogP contribution in [-0.2, 0) is 16.0 Å². The molecular formula is C25H30N2O5. The van der Waals surface area contributed by atoms with Crippen molar-refractivity contribution in [2.45, 2.75) is 52.2 Å². The monoisotopic (exact) mass is 438 g/mol. The number of carboxylic acid groups (broad SMARTS) is 1. The number of carboxylic acids is 1. The highest BCUT2D eigenvalue weighted by molar-refractivity contribution is 5.74. The quantitative estimate of drug-likeness (QED) is 0.570. The molecule has 0 radical (unpaired) electrons. The smallest absolute Gasteiger partial charge is 0.407 e. The first kappa shape index (κ1) is 24.9. The number of nitrogens with zero attached hydrogens (tertiary/aromatic N) is 1. The van der Waals surface area contributed by atoms with E-state index in [0.717, 1.165) is 16.7 Å². The largest absolute Gasteiger partial charge is 0.481 e. The molecule has 2 unspecified atom stereocenters. The van der Waals surface area contributed by atoms with Gasteiger partial charge in [0.15, 0.2) is 0 Å². The number of rotatable bonds is 8. The van der Waals surface area contributed by atoms with Gasteiger partial charge < -0.3 is 20.3 Å². The minimum Gasteiger partial charge on any atom is -0.481 e. The van der Waals surface area contributed by atoms with Crippen molar-refractivity contribution < 1.29 is 24.5 Å². The second kappa shape index (κ2) is 10.3. The summed E-state index contributed by atoms with van der Waals surface area (Å²) in [4.78, 5) is 24.0. The Balaban J connectivity index is 2.22. The molecule has 1 amide bonds. The van der Waals surface area contributed by atoms with Crippen LogP contribution in [0.3, 0.4) is 0 Å². The molecule has 0 heterocycles. The summed E-state index contributed by atoms with van der Waals surface area (Å²) in [5.41, 5.74) is 1.21. The number of carbonyl (C=O) groups is 2. The first-order valence-corrected chi connectivity index (χ1v) is 10.4. The molecule has 0 spiro atoms. The van der Waals surface area contributed by atoms with Crippen molar-refractivity contribution in [3.63, 3.8) is 0 Å². The maximum absolute atomic E-state index is 12.3. The molecular weight excluding hydrogens is 408 g/mol. The maximum Gasteiger partial charge on any atom is 0.407 e. The predicted molar refractivity (Wildman–Crippen MR) is 121 cm³/mol. The van der Waals surface area contributed by atoms with Crippen LogP contribution >= 0.6 is 0 Å². The van der Waals surface area contributed by atoms with Crippen LogP contribution in [0.1, 0.15) is 45.2 Å². The molecule has 2 aromatic rings. The Morgan fingerprint density at radius 3 is 2.28 bits per heavy atom. The number of hydrogen-bond donors (Lipinski definition) is 3. The topological polar surface area (TPSA) is 120 Å². The highest BCUT2D eigenvalue weighted by atomic mass is 16.6. The number of alkyl carbamates (subject to hydrolysis) is 1. The van der Waals surface area contributed by atoms with Crippen LogP contribution in [0.25, 0.3) is 11.1 Å². The lowest BCUT2D eigenvalue weighted by Gasteiger charge is -2.29. The van der Waals surface area contributed by atoms with Gasteiger partial charge in [-0.1, -0.05) is 36.4 Å². The zero-order valence-electron chi connectivity index (χ0n) is 18.9. The summed E-state index contributed by atoms with van der Waals surface area (Å²) < 4.78 is 5.33. The van der Waals surface area contributed by atoms with Crippen LogP contribution in [0.5, 0.6) is 0 Å². The molecule has 7 nitrogen and oxygen atoms in total. The molecule has 0 aliphatic carbocycles. The van der Waals surface area contributed by atoms with E-state index in [0.29, 0.717) is 12.0 Å². The van der Waals surface area contributed by atoms with E-state index in [1.807, 2.05) is 36.4 Å². The molecule has 0 saturated heterocycles. The van der Waals surface area contributed by atoms with Crippen molar-refractivity contribution >= 4 is 12.1 Å². The lowest BCUT2D eigenvalue weighted by Crippen LogP contribution is -2.45. The third kappa shape index (κ3) is 7.10. The van der Waals surface area contributed by atoms with E-state index >= 15 is 0 Å². The number of aliphatic carboxylic acids is 1. The number of aliphatic hydroxyl groups is 1. The molecule has 2 rings (SSSR count). The summed E-state index contributed by atoms with van der Waals surface area (Å²) in [6.45, 7) is 6.14. The molecule has 0 aliphatic heterocycles. The third-order valence-corrected chi connectivity index (χ3v) is 5.04. The molecule has 7 heteroatoms. The minimum atomic E-state index is -1.41. The van der Waals surface area contributed by atoms with Gasteiger partial charge in [0.1, 0.15) is 5.60 Å². The van der Waals surface area contributed by atoms with E-state index in [-0.39, 0.29) is 6.42 Å². The SMILES string of the molecule is CC(C)(C)OC(=O)NC(Cc1ccc(-c2cccc(C#N)c2)cc1)CC(C)(CO)C(=O)O. The number of carbonyl (C=O) groups excluding carboxylic acids is 1. The molecule has 0 aromatic heterocycles. The summed E-state index contributed by atoms with van der Waals surface area (Å²) >= 11 is 0. The van der Waals surface area contributed by atoms with Gasteiger partial charge in [0, 0.05) is 6.04 Å². The summed E-state index contributed by atoms with van der Waals surface area (Å²) in [5.74, 6) is -1.14. The molecule has 0 aliphatic rings. The number of amides is 1. The van der Waals surface area contributed by atoms with E-state index in [4.69, 9.17) is 10.00 Å². The van der Waals surface area contributed by atoms with Crippen LogP contribution in [0, 0.1) is 16.7 Å². The van der Waals surface area contributed by atoms with Crippen molar-refractivity contribution in [3.05, 3.63) is 59.7 Å². The number of aliphatic hydroxyl groups excluding tert-OH is 1. The highest BCUT2D eigenvalue weighted by Gasteiger charge is 2.36. The zero-order valence-corrected chi connectivity index (χ0v) is 18.9. The summed E-state index contributed by atoms with van der Waals surface area (Å²) in [6, 6.07) is 16.5. The number of nitrogens with one attached hydrogen (secondary N) is 1. The Hall–Kier alpha value is -3.37. The second-order valence-electron chi connectivity index (χ2n) is 9.16. The van der Waals surface area contributed by atoms with Gasteiger partial charge in [0.2, 0.25) is 0 Å². The standard InChI is InChI=1S/C25H30N2O5/c1-24(2,3)32-23(31)27-21(14-25(4,16-28)22(29)30)13-17-8-10-19(11-9-17)20-7-5-6-18(12-20)15-26/h5-12,21,28H,13-14,16H2,1-4H3,(H,27,31)(H,29,30). The van der Waals surface area contributed by atoms with Crippen LogP contribution in [0.2, 0.25) is 0 Å². The average molecular weight is 439 g/mol. The minimum absolute atomic E-state index is 0.0318. The molecule has 0 saturated carbocycles. The predicted octanol–water partition coefficient (Wildman–Crippen LogP) is 4.13. The van der Waals surface area contributed by atoms with Crippen molar-refractivity contribution in [2.75, 3.05) is 6.61 Å². The number of ether oxygens (including phenoxy) is 1. The van der Waals surface area contributed by atoms with E-state index in [9.17, 15) is 19.8 Å². The van der Waals surface area contributed by atoms with Crippen molar-refractivity contribution in [1.82, 2.24) is 5.32 Å². The molecule has 3 N–H and O–H groups in total. The average Bonchev–Trinajstić information content (AvgIpc) is 2.72. The third-order valence-electron chi connectivity index (χ3n) is 5.04. The maximum atomic E-state index is 12.3. The first-order valence-electron chi connectivity index (χ1n) is 10.4. The van der Waals surface area contributed by atoms with Crippen LogP contribution in [0.4, 0.5) is 4.79 Å². The number of benzene rings is 2. The molecule has 32 heavy (non-hydrogen) atoms. The summed E-state index contributed by atoms with van der Waals surface area (Å²) in [7, 11) is 0. The lowest BCUT2D eigenvalue weighted by molar-refractivity contribution is -0.151. The zero-order chi connectivity index (χ0) is 23.9. The highest BCUT2D eigenvalue weighted by Crippen LogP contribution is 2.26. The van der Waals surface area contributed by atoms with E-state index in [1.165, 1.54) is 6.92 Å². The van der Waals surface area contributed by atoms with E-state index < -0.39 is 35.7 Å². The number of hydrogen-bond acceptors (Lipinski definition) is 5. The van der Waals surface area contributed by atoms with Gasteiger partial charge in [-0.2, -0.15) is 5.26 Å². The van der Waals surface area contributed by atoms with Gasteiger partial charge >= 0.3 is 12.1 Å². The van der Waals surface area contributed by atoms with Crippen LogP contribution in [-0.4, -0.2) is 40.5 Å². The fourth-order valence-electron chi connectivity index (χ4n) is 3.30. The van der Waals surface area contributed by atoms with Gasteiger partial charge in [-0.25, -0.2) is 4.79 Å². The van der Waals surface area contributed by atoms with Crippen LogP contribution < -0.4 is 5.32 Å². The van der Waals surface area contributed by atoms with Crippen molar-refractivity contribution in [3.8, 4) is 17.2 Å². The molecule has 2 atom stereocenters. The summed E-state index contributed by atoms with van der Waals surface area (Å²) in [5, 5.41) is 31.0. The fraction of sp³-hybridized carbons (Fsp3) is 0.400. The Kier molecular flexibility index (Phi) is 8.01. The second-order valence-corrected chi connectivity index (χ2v) is 9.16.